The normalized spacial score (nSPS) is 11.9. The van der Waals surface area contributed by atoms with E-state index in [1.807, 2.05) is 18.2 Å². The minimum atomic E-state index is -3.02. The van der Waals surface area contributed by atoms with Crippen LogP contribution in [-0.4, -0.2) is 26.2 Å². The number of carbonyl (C=O) groups is 1. The lowest BCUT2D eigenvalue weighted by Gasteiger charge is -1.97. The van der Waals surface area contributed by atoms with Crippen LogP contribution in [0.25, 0.3) is 11.0 Å². The van der Waals surface area contributed by atoms with E-state index in [4.69, 9.17) is 4.42 Å². The Morgan fingerprint density at radius 1 is 1.37 bits per heavy atom. The summed E-state index contributed by atoms with van der Waals surface area (Å²) in [4.78, 5) is 11.9. The van der Waals surface area contributed by atoms with Crippen LogP contribution in [0.4, 0.5) is 0 Å². The molecule has 0 saturated heterocycles. The molecule has 19 heavy (non-hydrogen) atoms. The van der Waals surface area contributed by atoms with E-state index in [1.54, 1.807) is 6.07 Å². The van der Waals surface area contributed by atoms with Gasteiger partial charge in [0, 0.05) is 18.1 Å². The van der Waals surface area contributed by atoms with Crippen molar-refractivity contribution in [3.8, 4) is 0 Å². The van der Waals surface area contributed by atoms with Crippen molar-refractivity contribution >= 4 is 42.5 Å². The van der Waals surface area contributed by atoms with Crippen molar-refractivity contribution in [2.24, 2.45) is 0 Å². The minimum absolute atomic E-state index is 0.0165. The third-order valence-corrected chi connectivity index (χ3v) is 4.34. The molecule has 4 nitrogen and oxygen atoms in total. The van der Waals surface area contributed by atoms with Crippen LogP contribution in [0.3, 0.4) is 0 Å². The molecule has 0 aliphatic heterocycles. The molecule has 0 saturated carbocycles. The largest absolute Gasteiger partial charge is 0.452 e. The van der Waals surface area contributed by atoms with Gasteiger partial charge in [0.05, 0.1) is 10.2 Å². The molecule has 0 amide bonds. The lowest BCUT2D eigenvalue weighted by molar-refractivity contribution is 0.0957. The maximum atomic E-state index is 11.9. The molecule has 0 bridgehead atoms. The fourth-order valence-electron chi connectivity index (χ4n) is 1.78. The first-order valence-corrected chi connectivity index (χ1v) is 8.61. The Balaban J connectivity index is 2.12. The molecule has 2 aromatic rings. The summed E-state index contributed by atoms with van der Waals surface area (Å²) in [6.07, 6.45) is 1.65. The van der Waals surface area contributed by atoms with E-state index in [0.717, 1.165) is 16.1 Å². The van der Waals surface area contributed by atoms with Crippen LogP contribution in [-0.2, 0) is 9.84 Å². The number of fused-ring (bicyclic) bond motifs is 1. The molecule has 0 unspecified atom stereocenters. The van der Waals surface area contributed by atoms with Gasteiger partial charge in [-0.1, -0.05) is 12.1 Å². The second kappa shape index (κ2) is 5.46. The smallest absolute Gasteiger partial charge is 0.198 e. The number of benzene rings is 1. The van der Waals surface area contributed by atoms with Gasteiger partial charge in [-0.3, -0.25) is 4.79 Å². The summed E-state index contributed by atoms with van der Waals surface area (Å²) in [6, 6.07) is 7.24. The van der Waals surface area contributed by atoms with E-state index in [2.05, 4.69) is 15.9 Å². The summed E-state index contributed by atoms with van der Waals surface area (Å²) in [6.45, 7) is 0. The molecule has 0 aliphatic rings. The second-order valence-electron chi connectivity index (χ2n) is 4.43. The molecule has 1 heterocycles. The van der Waals surface area contributed by atoms with E-state index in [1.165, 1.54) is 0 Å². The molecule has 0 radical (unpaired) electrons. The van der Waals surface area contributed by atoms with E-state index in [-0.39, 0.29) is 23.7 Å². The summed E-state index contributed by atoms with van der Waals surface area (Å²) in [5.74, 6) is 0.116. The van der Waals surface area contributed by atoms with Gasteiger partial charge in [0.2, 0.25) is 0 Å². The highest BCUT2D eigenvalue weighted by molar-refractivity contribution is 9.10. The van der Waals surface area contributed by atoms with Gasteiger partial charge >= 0.3 is 0 Å². The second-order valence-corrected chi connectivity index (χ2v) is 7.54. The average molecular weight is 345 g/mol. The minimum Gasteiger partial charge on any atom is -0.452 e. The number of ketones is 1. The van der Waals surface area contributed by atoms with Gasteiger partial charge in [0.15, 0.2) is 11.5 Å². The number of para-hydroxylation sites is 1. The number of halogens is 1. The predicted molar refractivity (Wildman–Crippen MR) is 77.2 cm³/mol. The number of carbonyl (C=O) groups excluding carboxylic acids is 1. The van der Waals surface area contributed by atoms with Gasteiger partial charge < -0.3 is 4.42 Å². The molecule has 2 rings (SSSR count). The quantitative estimate of drug-likeness (QED) is 0.781. The summed E-state index contributed by atoms with van der Waals surface area (Å²) in [7, 11) is -3.02. The molecule has 0 N–H and O–H groups in total. The fraction of sp³-hybridized carbons (Fsp3) is 0.308. The van der Waals surface area contributed by atoms with E-state index >= 15 is 0 Å². The van der Waals surface area contributed by atoms with Crippen LogP contribution >= 0.6 is 15.9 Å². The van der Waals surface area contributed by atoms with Crippen LogP contribution in [0, 0.1) is 0 Å². The van der Waals surface area contributed by atoms with Gasteiger partial charge in [0.25, 0.3) is 0 Å². The van der Waals surface area contributed by atoms with Crippen LogP contribution < -0.4 is 0 Å². The van der Waals surface area contributed by atoms with Crippen molar-refractivity contribution in [3.05, 3.63) is 34.5 Å². The Bertz CT molecular complexity index is 715. The third-order valence-electron chi connectivity index (χ3n) is 2.69. The summed E-state index contributed by atoms with van der Waals surface area (Å²) >= 11 is 3.35. The highest BCUT2D eigenvalue weighted by atomic mass is 79.9. The number of rotatable bonds is 5. The van der Waals surface area contributed by atoms with Crippen LogP contribution in [0.1, 0.15) is 23.4 Å². The van der Waals surface area contributed by atoms with Crippen molar-refractivity contribution in [1.29, 1.82) is 0 Å². The molecule has 0 fully saturated rings. The Labute approximate surface area is 119 Å². The lowest BCUT2D eigenvalue weighted by Crippen LogP contribution is -2.06. The molecule has 6 heteroatoms. The molecule has 1 aromatic heterocycles. The third kappa shape index (κ3) is 3.67. The van der Waals surface area contributed by atoms with Crippen molar-refractivity contribution in [2.75, 3.05) is 12.0 Å². The zero-order valence-corrected chi connectivity index (χ0v) is 12.8. The van der Waals surface area contributed by atoms with Crippen molar-refractivity contribution in [2.45, 2.75) is 12.8 Å². The van der Waals surface area contributed by atoms with Crippen molar-refractivity contribution in [1.82, 2.24) is 0 Å². The zero-order chi connectivity index (χ0) is 14.0. The van der Waals surface area contributed by atoms with E-state index in [9.17, 15) is 13.2 Å². The Kier molecular flexibility index (Phi) is 4.10. The molecule has 0 atom stereocenters. The Morgan fingerprint density at radius 3 is 2.74 bits per heavy atom. The van der Waals surface area contributed by atoms with Crippen molar-refractivity contribution in [3.63, 3.8) is 0 Å². The Morgan fingerprint density at radius 2 is 2.11 bits per heavy atom. The van der Waals surface area contributed by atoms with Gasteiger partial charge in [-0.2, -0.15) is 0 Å². The molecule has 0 spiro atoms. The number of hydrogen-bond donors (Lipinski definition) is 0. The SMILES string of the molecule is CS(=O)(=O)CCCC(=O)c1cc2cccc(Br)c2o1. The Hall–Kier alpha value is -1.14. The van der Waals surface area contributed by atoms with Crippen molar-refractivity contribution < 1.29 is 17.6 Å². The monoisotopic (exact) mass is 344 g/mol. The number of furan rings is 1. The molecular weight excluding hydrogens is 332 g/mol. The number of sulfone groups is 1. The van der Waals surface area contributed by atoms with Crippen LogP contribution in [0.5, 0.6) is 0 Å². The molecule has 102 valence electrons. The maximum Gasteiger partial charge on any atom is 0.198 e. The van der Waals surface area contributed by atoms with Gasteiger partial charge in [-0.15, -0.1) is 0 Å². The zero-order valence-electron chi connectivity index (χ0n) is 10.3. The van der Waals surface area contributed by atoms with Gasteiger partial charge in [0.1, 0.15) is 15.4 Å². The molecule has 0 aliphatic carbocycles. The summed E-state index contributed by atoms with van der Waals surface area (Å²) in [5.41, 5.74) is 0.633. The highest BCUT2D eigenvalue weighted by Gasteiger charge is 2.14. The lowest BCUT2D eigenvalue weighted by atomic mass is 10.2. The fourth-order valence-corrected chi connectivity index (χ4v) is 2.91. The first-order chi connectivity index (χ1) is 8.87. The number of hydrogen-bond acceptors (Lipinski definition) is 4. The van der Waals surface area contributed by atoms with Gasteiger partial charge in [-0.05, 0) is 34.5 Å². The van der Waals surface area contributed by atoms with E-state index in [0.29, 0.717) is 12.0 Å². The topological polar surface area (TPSA) is 64.3 Å². The first kappa shape index (κ1) is 14.3. The summed E-state index contributed by atoms with van der Waals surface area (Å²) in [5, 5.41) is 0.848. The summed E-state index contributed by atoms with van der Waals surface area (Å²) < 4.78 is 28.3. The molecule has 1 aromatic carbocycles. The average Bonchev–Trinajstić information content (AvgIpc) is 2.72. The first-order valence-electron chi connectivity index (χ1n) is 5.76. The standard InChI is InChI=1S/C13H13BrO4S/c1-19(16,17)7-3-6-11(15)12-8-9-4-2-5-10(14)13(9)18-12/h2,4-5,8H,3,6-7H2,1H3. The predicted octanol–water partition coefficient (Wildman–Crippen LogP) is 3.20. The molecular formula is C13H13BrO4S. The highest BCUT2D eigenvalue weighted by Crippen LogP contribution is 2.27. The van der Waals surface area contributed by atoms with Crippen LogP contribution in [0.2, 0.25) is 0 Å². The van der Waals surface area contributed by atoms with Crippen LogP contribution in [0.15, 0.2) is 33.2 Å². The van der Waals surface area contributed by atoms with Gasteiger partial charge in [-0.25, -0.2) is 8.42 Å². The number of Topliss-reactive ketones (excluding diaryl/α,β-unsaturated/α-hetero) is 1. The maximum absolute atomic E-state index is 11.9. The van der Waals surface area contributed by atoms with E-state index < -0.39 is 9.84 Å².